The van der Waals surface area contributed by atoms with E-state index in [1.165, 1.54) is 0 Å². The third kappa shape index (κ3) is 12.8. The molecule has 0 unspecified atom stereocenters. The number of hydrogen-bond donors (Lipinski definition) is 3. The van der Waals surface area contributed by atoms with E-state index < -0.39 is 12.0 Å². The molecule has 0 heterocycles. The van der Waals surface area contributed by atoms with Crippen LogP contribution in [-0.2, 0) is 19.1 Å². The summed E-state index contributed by atoms with van der Waals surface area (Å²) in [6.45, 7) is 10.6. The summed E-state index contributed by atoms with van der Waals surface area (Å²) in [5.74, 6) is -1.45. The highest BCUT2D eigenvalue weighted by Gasteiger charge is 2.22. The zero-order valence-corrected chi connectivity index (χ0v) is 16.5. The number of unbranched alkanes of at least 4 members (excludes halogenated alkanes) is 2. The highest BCUT2D eigenvalue weighted by atomic mass is 16.5. The van der Waals surface area contributed by atoms with E-state index >= 15 is 0 Å². The normalized spacial score (nSPS) is 13.7. The van der Waals surface area contributed by atoms with Crippen molar-refractivity contribution in [1.29, 1.82) is 0 Å². The van der Waals surface area contributed by atoms with E-state index in [1.807, 2.05) is 6.08 Å². The highest BCUT2D eigenvalue weighted by molar-refractivity contribution is 5.86. The Kier molecular flexibility index (Phi) is 13.8. The minimum atomic E-state index is -0.560. The zero-order chi connectivity index (χ0) is 20.7. The number of carbonyl (C=O) groups excluding carboxylic acids is 3. The van der Waals surface area contributed by atoms with Crippen molar-refractivity contribution in [2.45, 2.75) is 64.5 Å². The molecule has 0 aromatic heterocycles. The smallest absolute Gasteiger partial charge is 0.306 e. The van der Waals surface area contributed by atoms with E-state index in [2.05, 4.69) is 23.8 Å². The second kappa shape index (κ2) is 15.0. The van der Waals surface area contributed by atoms with Gasteiger partial charge in [-0.3, -0.25) is 14.4 Å². The molecule has 3 atom stereocenters. The minimum Gasteiger partial charge on any atom is -0.461 e. The molecule has 0 aromatic rings. The largest absolute Gasteiger partial charge is 0.461 e. The summed E-state index contributed by atoms with van der Waals surface area (Å²) < 4.78 is 5.26. The maximum atomic E-state index is 12.3. The van der Waals surface area contributed by atoms with Crippen LogP contribution in [0.3, 0.4) is 0 Å². The summed E-state index contributed by atoms with van der Waals surface area (Å²) in [4.78, 5) is 36.0. The van der Waals surface area contributed by atoms with Crippen molar-refractivity contribution < 1.29 is 24.2 Å². The summed E-state index contributed by atoms with van der Waals surface area (Å²) in [5.41, 5.74) is 0. The SMILES string of the molecule is C=CCCCCC(=O)O[C@@H](C)CNC(=O)[C@H](CC=C)CC(=O)N[C@@H](C)CO. The van der Waals surface area contributed by atoms with Gasteiger partial charge in [0, 0.05) is 18.9 Å². The van der Waals surface area contributed by atoms with Gasteiger partial charge in [-0.2, -0.15) is 0 Å². The molecule has 0 bridgehead atoms. The Labute approximate surface area is 162 Å². The summed E-state index contributed by atoms with van der Waals surface area (Å²) in [6.07, 6.45) is 6.14. The standard InChI is InChI=1S/C20H34N2O5/c1-5-7-8-9-11-19(25)27-16(4)13-21-20(26)17(10-6-2)12-18(24)22-15(3)14-23/h5-6,15-17,23H,1-2,7-14H2,3-4H3,(H,21,26)(H,22,24)/t15-,16-,17+/m0/s1. The van der Waals surface area contributed by atoms with Crippen LogP contribution in [0.4, 0.5) is 0 Å². The molecule has 7 heteroatoms. The molecule has 154 valence electrons. The van der Waals surface area contributed by atoms with Crippen LogP contribution in [-0.4, -0.2) is 48.2 Å². The fraction of sp³-hybridized carbons (Fsp3) is 0.650. The summed E-state index contributed by atoms with van der Waals surface area (Å²) >= 11 is 0. The maximum absolute atomic E-state index is 12.3. The molecular weight excluding hydrogens is 348 g/mol. The number of hydrogen-bond acceptors (Lipinski definition) is 5. The number of esters is 1. The van der Waals surface area contributed by atoms with Crippen molar-refractivity contribution in [3.05, 3.63) is 25.3 Å². The lowest BCUT2D eigenvalue weighted by atomic mass is 9.99. The molecule has 0 aliphatic rings. The van der Waals surface area contributed by atoms with Gasteiger partial charge in [0.2, 0.25) is 11.8 Å². The summed E-state index contributed by atoms with van der Waals surface area (Å²) in [7, 11) is 0. The van der Waals surface area contributed by atoms with Crippen molar-refractivity contribution in [2.24, 2.45) is 5.92 Å². The van der Waals surface area contributed by atoms with Crippen LogP contribution >= 0.6 is 0 Å². The zero-order valence-electron chi connectivity index (χ0n) is 16.5. The molecule has 0 fully saturated rings. The summed E-state index contributed by atoms with van der Waals surface area (Å²) in [5, 5.41) is 14.3. The van der Waals surface area contributed by atoms with E-state index in [1.54, 1.807) is 19.9 Å². The predicted octanol–water partition coefficient (Wildman–Crippen LogP) is 1.86. The Morgan fingerprint density at radius 3 is 2.44 bits per heavy atom. The fourth-order valence-corrected chi connectivity index (χ4v) is 2.36. The number of aliphatic hydroxyl groups is 1. The first-order valence-corrected chi connectivity index (χ1v) is 9.43. The number of carbonyl (C=O) groups is 3. The van der Waals surface area contributed by atoms with Crippen LogP contribution in [0.25, 0.3) is 0 Å². The third-order valence-electron chi connectivity index (χ3n) is 3.87. The Morgan fingerprint density at radius 2 is 1.85 bits per heavy atom. The van der Waals surface area contributed by atoms with Gasteiger partial charge in [0.05, 0.1) is 19.1 Å². The minimum absolute atomic E-state index is 0.000332. The number of rotatable bonds is 15. The number of ether oxygens (including phenoxy) is 1. The Hall–Kier alpha value is -2.15. The molecule has 2 amide bonds. The van der Waals surface area contributed by atoms with Crippen LogP contribution in [0.1, 0.15) is 52.4 Å². The van der Waals surface area contributed by atoms with Crippen molar-refractivity contribution in [3.8, 4) is 0 Å². The molecule has 0 saturated carbocycles. The van der Waals surface area contributed by atoms with Gasteiger partial charge in [0.25, 0.3) is 0 Å². The van der Waals surface area contributed by atoms with Gasteiger partial charge in [-0.25, -0.2) is 0 Å². The van der Waals surface area contributed by atoms with E-state index in [0.717, 1.165) is 19.3 Å². The monoisotopic (exact) mass is 382 g/mol. The molecule has 0 saturated heterocycles. The first-order chi connectivity index (χ1) is 12.8. The van der Waals surface area contributed by atoms with Crippen LogP contribution < -0.4 is 10.6 Å². The molecular formula is C20H34N2O5. The highest BCUT2D eigenvalue weighted by Crippen LogP contribution is 2.10. The van der Waals surface area contributed by atoms with Gasteiger partial charge in [0.1, 0.15) is 6.10 Å². The number of amides is 2. The van der Waals surface area contributed by atoms with E-state index in [9.17, 15) is 14.4 Å². The Balaban J connectivity index is 4.31. The second-order valence-corrected chi connectivity index (χ2v) is 6.66. The molecule has 27 heavy (non-hydrogen) atoms. The maximum Gasteiger partial charge on any atom is 0.306 e. The van der Waals surface area contributed by atoms with Crippen LogP contribution in [0.15, 0.2) is 25.3 Å². The second-order valence-electron chi connectivity index (χ2n) is 6.66. The van der Waals surface area contributed by atoms with E-state index in [0.29, 0.717) is 12.8 Å². The average Bonchev–Trinajstić information content (AvgIpc) is 2.62. The molecule has 3 N–H and O–H groups in total. The number of allylic oxidation sites excluding steroid dienone is 2. The Morgan fingerprint density at radius 1 is 1.15 bits per heavy atom. The topological polar surface area (TPSA) is 105 Å². The van der Waals surface area contributed by atoms with Crippen LogP contribution in [0.5, 0.6) is 0 Å². The van der Waals surface area contributed by atoms with E-state index in [4.69, 9.17) is 9.84 Å². The quantitative estimate of drug-likeness (QED) is 0.228. The molecule has 0 aliphatic carbocycles. The first-order valence-electron chi connectivity index (χ1n) is 9.43. The van der Waals surface area contributed by atoms with Crippen molar-refractivity contribution in [3.63, 3.8) is 0 Å². The predicted molar refractivity (Wildman–Crippen MR) is 105 cm³/mol. The lowest BCUT2D eigenvalue weighted by molar-refractivity contribution is -0.148. The van der Waals surface area contributed by atoms with Crippen LogP contribution in [0, 0.1) is 5.92 Å². The molecule has 7 nitrogen and oxygen atoms in total. The third-order valence-corrected chi connectivity index (χ3v) is 3.87. The molecule has 0 radical (unpaired) electrons. The average molecular weight is 383 g/mol. The van der Waals surface area contributed by atoms with Gasteiger partial charge in [-0.1, -0.05) is 12.2 Å². The molecule has 0 rings (SSSR count). The first kappa shape index (κ1) is 24.8. The van der Waals surface area contributed by atoms with Gasteiger partial charge in [0.15, 0.2) is 0 Å². The van der Waals surface area contributed by atoms with Crippen molar-refractivity contribution >= 4 is 17.8 Å². The van der Waals surface area contributed by atoms with Crippen molar-refractivity contribution in [2.75, 3.05) is 13.2 Å². The van der Waals surface area contributed by atoms with Crippen LogP contribution in [0.2, 0.25) is 0 Å². The lowest BCUT2D eigenvalue weighted by Crippen LogP contribution is -2.41. The van der Waals surface area contributed by atoms with Gasteiger partial charge in [-0.15, -0.1) is 13.2 Å². The lowest BCUT2D eigenvalue weighted by Gasteiger charge is -2.19. The Bertz CT molecular complexity index is 493. The fourth-order valence-electron chi connectivity index (χ4n) is 2.36. The van der Waals surface area contributed by atoms with Gasteiger partial charge >= 0.3 is 5.97 Å². The van der Waals surface area contributed by atoms with Crippen molar-refractivity contribution in [1.82, 2.24) is 10.6 Å². The molecule has 0 spiro atoms. The molecule has 0 aliphatic heterocycles. The number of nitrogens with one attached hydrogen (secondary N) is 2. The number of aliphatic hydroxyl groups excluding tert-OH is 1. The molecule has 0 aromatic carbocycles. The summed E-state index contributed by atoms with van der Waals surface area (Å²) in [6, 6.07) is -0.365. The van der Waals surface area contributed by atoms with E-state index in [-0.39, 0.29) is 43.4 Å². The van der Waals surface area contributed by atoms with Gasteiger partial charge < -0.3 is 20.5 Å². The van der Waals surface area contributed by atoms with Gasteiger partial charge in [-0.05, 0) is 39.5 Å².